The van der Waals surface area contributed by atoms with Crippen molar-refractivity contribution in [2.45, 2.75) is 0 Å². The zero-order valence-electron chi connectivity index (χ0n) is 6.39. The maximum atomic E-state index is 11.0. The van der Waals surface area contributed by atoms with Crippen molar-refractivity contribution >= 4 is 34.7 Å². The summed E-state index contributed by atoms with van der Waals surface area (Å²) in [6.07, 6.45) is 0. The summed E-state index contributed by atoms with van der Waals surface area (Å²) < 4.78 is 0. The third-order valence-corrected chi connectivity index (χ3v) is 3.72. The zero-order chi connectivity index (χ0) is 9.14. The topological polar surface area (TPSA) is 57.6 Å². The highest BCUT2D eigenvalue weighted by atomic mass is 32.2. The number of hydrogen-bond donors (Lipinski definition) is 2. The first-order valence-corrected chi connectivity index (χ1v) is 5.63. The van der Waals surface area contributed by atoms with Crippen LogP contribution < -0.4 is 0 Å². The number of carboxylic acid groups (broad SMARTS) is 1. The molecule has 0 aromatic heterocycles. The van der Waals surface area contributed by atoms with E-state index in [0.717, 1.165) is 0 Å². The maximum Gasteiger partial charge on any atom is 0.524 e. The molecule has 0 aliphatic carbocycles. The number of hydrogen-bond acceptors (Lipinski definition) is 3. The Kier molecular flexibility index (Phi) is 3.28. The lowest BCUT2D eigenvalue weighted by molar-refractivity contribution is -0.126. The fraction of sp³-hybridized carbons (Fsp3) is 0.667. The van der Waals surface area contributed by atoms with Crippen LogP contribution in [-0.2, 0) is 15.7 Å². The minimum Gasteiger partial charge on any atom is -0.441 e. The third kappa shape index (κ3) is 2.07. The van der Waals surface area contributed by atoms with Crippen LogP contribution in [0, 0.1) is 0 Å². The van der Waals surface area contributed by atoms with Gasteiger partial charge < -0.3 is 5.11 Å². The van der Waals surface area contributed by atoms with Gasteiger partial charge in [-0.05, 0) is 0 Å². The van der Waals surface area contributed by atoms with Gasteiger partial charge in [-0.3, -0.25) is 9.69 Å². The second-order valence-electron chi connectivity index (χ2n) is 2.41. The number of carbonyl (C=O) groups excluding carboxylic acids is 1. The van der Waals surface area contributed by atoms with Crippen LogP contribution in [0.4, 0.5) is 4.79 Å². The highest BCUT2D eigenvalue weighted by Crippen LogP contribution is 2.11. The summed E-state index contributed by atoms with van der Waals surface area (Å²) in [5.74, 6) is 1.05. The largest absolute Gasteiger partial charge is 0.524 e. The van der Waals surface area contributed by atoms with Crippen LogP contribution in [0.5, 0.6) is 0 Å². The molecule has 68 valence electrons. The molecule has 1 aliphatic rings. The van der Waals surface area contributed by atoms with Crippen molar-refractivity contribution in [2.24, 2.45) is 0 Å². The van der Waals surface area contributed by atoms with E-state index in [-0.39, 0.29) is 11.7 Å². The van der Waals surface area contributed by atoms with Gasteiger partial charge in [0, 0.05) is 0 Å². The minimum atomic E-state index is -0.788. The van der Waals surface area contributed by atoms with Crippen molar-refractivity contribution in [3.63, 3.8) is 0 Å². The van der Waals surface area contributed by atoms with E-state index < -0.39 is 16.2 Å². The van der Waals surface area contributed by atoms with E-state index in [9.17, 15) is 9.59 Å². The molecule has 12 heavy (non-hydrogen) atoms. The Balaban J connectivity index is 2.45. The van der Waals surface area contributed by atoms with E-state index in [1.807, 2.05) is 0 Å². The summed E-state index contributed by atoms with van der Waals surface area (Å²) in [5, 5.41) is 7.85. The Morgan fingerprint density at radius 1 is 1.58 bits per heavy atom. The van der Waals surface area contributed by atoms with Crippen LogP contribution in [0.25, 0.3) is 0 Å². The van der Waals surface area contributed by atoms with Gasteiger partial charge in [0.05, 0.1) is 12.3 Å². The van der Waals surface area contributed by atoms with Gasteiger partial charge in [0.25, 0.3) is 0 Å². The molecule has 1 atom stereocenters. The highest BCUT2D eigenvalue weighted by molar-refractivity contribution is 8.10. The molecular formula is C6H10NO3S2+. The average molecular weight is 208 g/mol. The summed E-state index contributed by atoms with van der Waals surface area (Å²) in [4.78, 5) is 23.1. The fourth-order valence-corrected chi connectivity index (χ4v) is 2.68. The molecule has 4 nitrogen and oxygen atoms in total. The molecule has 1 aliphatic heterocycles. The number of carbonyl (C=O) groups is 2. The molecule has 0 bridgehead atoms. The Bertz CT molecular complexity index is 209. The monoisotopic (exact) mass is 208 g/mol. The molecule has 1 unspecified atom stereocenters. The van der Waals surface area contributed by atoms with Crippen LogP contribution in [0.2, 0.25) is 0 Å². The van der Waals surface area contributed by atoms with E-state index in [0.29, 0.717) is 18.2 Å². The molecule has 0 saturated carbocycles. The van der Waals surface area contributed by atoms with Gasteiger partial charge >= 0.3 is 5.30 Å². The summed E-state index contributed by atoms with van der Waals surface area (Å²) in [5.41, 5.74) is 0. The van der Waals surface area contributed by atoms with E-state index in [2.05, 4.69) is 12.6 Å². The second-order valence-corrected chi connectivity index (χ2v) is 4.72. The predicted molar refractivity (Wildman–Crippen MR) is 50.7 cm³/mol. The normalized spacial score (nSPS) is 22.8. The summed E-state index contributed by atoms with van der Waals surface area (Å²) >= 11 is 3.84. The van der Waals surface area contributed by atoms with E-state index in [1.54, 1.807) is 4.90 Å². The first kappa shape index (κ1) is 9.73. The minimum absolute atomic E-state index is 0.0745. The molecular weight excluding hydrogens is 198 g/mol. The molecule has 0 aromatic rings. The highest BCUT2D eigenvalue weighted by Gasteiger charge is 2.39. The lowest BCUT2D eigenvalue weighted by atomic mass is 10.5. The van der Waals surface area contributed by atoms with Gasteiger partial charge in [-0.2, -0.15) is 17.4 Å². The first-order chi connectivity index (χ1) is 5.65. The molecule has 1 heterocycles. The SMILES string of the molecule is O=C(CS)N1CC[S+](C(=O)O)C1. The van der Waals surface area contributed by atoms with Crippen molar-refractivity contribution < 1.29 is 14.7 Å². The van der Waals surface area contributed by atoms with Crippen molar-refractivity contribution in [3.05, 3.63) is 0 Å². The van der Waals surface area contributed by atoms with Crippen molar-refractivity contribution in [3.8, 4) is 0 Å². The lowest BCUT2D eigenvalue weighted by Gasteiger charge is -2.08. The number of thiol groups is 1. The maximum absolute atomic E-state index is 11.0. The van der Waals surface area contributed by atoms with Crippen LogP contribution >= 0.6 is 12.6 Å². The molecule has 6 heteroatoms. The van der Waals surface area contributed by atoms with E-state index >= 15 is 0 Å². The van der Waals surface area contributed by atoms with Crippen LogP contribution in [0.15, 0.2) is 0 Å². The summed E-state index contributed by atoms with van der Waals surface area (Å²) in [6, 6.07) is 0. The molecule has 0 radical (unpaired) electrons. The molecule has 1 rings (SSSR count). The fourth-order valence-electron chi connectivity index (χ4n) is 0.977. The first-order valence-electron chi connectivity index (χ1n) is 3.44. The van der Waals surface area contributed by atoms with Crippen molar-refractivity contribution in [1.29, 1.82) is 0 Å². The van der Waals surface area contributed by atoms with Crippen LogP contribution in [0.1, 0.15) is 0 Å². The van der Waals surface area contributed by atoms with Gasteiger partial charge in [0.1, 0.15) is 16.6 Å². The van der Waals surface area contributed by atoms with E-state index in [1.165, 1.54) is 0 Å². The van der Waals surface area contributed by atoms with Gasteiger partial charge in [-0.1, -0.05) is 0 Å². The smallest absolute Gasteiger partial charge is 0.441 e. The van der Waals surface area contributed by atoms with Crippen LogP contribution in [-0.4, -0.2) is 45.1 Å². The van der Waals surface area contributed by atoms with Crippen molar-refractivity contribution in [1.82, 2.24) is 4.90 Å². The van der Waals surface area contributed by atoms with Crippen molar-refractivity contribution in [2.75, 3.05) is 23.9 Å². The van der Waals surface area contributed by atoms with E-state index in [4.69, 9.17) is 5.11 Å². The number of amides is 1. The van der Waals surface area contributed by atoms with Gasteiger partial charge in [0.2, 0.25) is 5.91 Å². The second kappa shape index (κ2) is 4.04. The van der Waals surface area contributed by atoms with Gasteiger partial charge in [0.15, 0.2) is 5.88 Å². The molecule has 1 amide bonds. The van der Waals surface area contributed by atoms with Gasteiger partial charge in [-0.15, -0.1) is 0 Å². The molecule has 1 N–H and O–H groups in total. The van der Waals surface area contributed by atoms with Crippen LogP contribution in [0.3, 0.4) is 0 Å². The van der Waals surface area contributed by atoms with Gasteiger partial charge in [-0.25, -0.2) is 0 Å². The quantitative estimate of drug-likeness (QED) is 0.471. The molecule has 0 spiro atoms. The lowest BCUT2D eigenvalue weighted by Crippen LogP contribution is -2.30. The number of rotatable bonds is 1. The Hall–Kier alpha value is -0.360. The number of nitrogens with zero attached hydrogens (tertiary/aromatic N) is 1. The Morgan fingerprint density at radius 2 is 2.25 bits per heavy atom. The molecule has 0 aromatic carbocycles. The summed E-state index contributed by atoms with van der Waals surface area (Å²) in [6.45, 7) is 0.564. The average Bonchev–Trinajstić information content (AvgIpc) is 2.51. The predicted octanol–water partition coefficient (Wildman–Crippen LogP) is 0.0122. The standard InChI is InChI=1S/C6H9NO3S2/c8-5(3-11)7-1-2-12(4-7)6(9)10/h1-4H2,(H-,9,10,11)/p+1. The third-order valence-electron chi connectivity index (χ3n) is 1.65. The Morgan fingerprint density at radius 3 is 2.67 bits per heavy atom. The molecule has 1 fully saturated rings. The zero-order valence-corrected chi connectivity index (χ0v) is 8.11. The molecule has 1 saturated heterocycles. The Labute approximate surface area is 78.7 Å². The summed E-state index contributed by atoms with van der Waals surface area (Å²) in [7, 11) is -0.643.